The zero-order valence-electron chi connectivity index (χ0n) is 20.5. The summed E-state index contributed by atoms with van der Waals surface area (Å²) in [5, 5.41) is 7.97. The third-order valence-electron chi connectivity index (χ3n) is 6.67. The fourth-order valence-corrected chi connectivity index (χ4v) is 4.78. The number of likely N-dealkylation sites (tertiary alicyclic amines) is 1. The molecule has 0 radical (unpaired) electrons. The number of methoxy groups -OCH3 is 1. The van der Waals surface area contributed by atoms with Gasteiger partial charge >= 0.3 is 0 Å². The van der Waals surface area contributed by atoms with Crippen LogP contribution in [0.5, 0.6) is 5.75 Å². The molecule has 7 heteroatoms. The number of benzene rings is 2. The van der Waals surface area contributed by atoms with E-state index in [2.05, 4.69) is 39.5 Å². The average Bonchev–Trinajstić information content (AvgIpc) is 3.61. The number of hydrogen-bond acceptors (Lipinski definition) is 5. The molecule has 5 rings (SSSR count). The number of nitrogens with one attached hydrogen (secondary N) is 1. The highest BCUT2D eigenvalue weighted by atomic mass is 16.5. The van der Waals surface area contributed by atoms with E-state index in [-0.39, 0.29) is 11.9 Å². The first-order valence-corrected chi connectivity index (χ1v) is 12.4. The number of carbonyl (C=O) groups excluding carboxylic acids is 1. The fraction of sp³-hybridized carbons (Fsp3) is 0.276. The molecule has 2 aromatic heterocycles. The zero-order valence-corrected chi connectivity index (χ0v) is 20.5. The van der Waals surface area contributed by atoms with Crippen LogP contribution in [0.1, 0.15) is 40.4 Å². The summed E-state index contributed by atoms with van der Waals surface area (Å²) in [4.78, 5) is 20.2. The van der Waals surface area contributed by atoms with Gasteiger partial charge in [0.2, 0.25) is 0 Å². The van der Waals surface area contributed by atoms with Crippen molar-refractivity contribution in [2.45, 2.75) is 25.4 Å². The van der Waals surface area contributed by atoms with Crippen molar-refractivity contribution in [2.75, 3.05) is 26.7 Å². The van der Waals surface area contributed by atoms with Crippen LogP contribution in [0.2, 0.25) is 0 Å². The van der Waals surface area contributed by atoms with E-state index in [0.717, 1.165) is 30.0 Å². The van der Waals surface area contributed by atoms with Gasteiger partial charge in [-0.1, -0.05) is 42.5 Å². The second-order valence-electron chi connectivity index (χ2n) is 9.06. The molecule has 2 aromatic carbocycles. The Bertz CT molecular complexity index is 1270. The highest BCUT2D eigenvalue weighted by Crippen LogP contribution is 2.27. The molecule has 184 valence electrons. The lowest BCUT2D eigenvalue weighted by molar-refractivity contribution is 0.0938. The van der Waals surface area contributed by atoms with Gasteiger partial charge in [0.25, 0.3) is 5.91 Å². The third-order valence-corrected chi connectivity index (χ3v) is 6.67. The zero-order chi connectivity index (χ0) is 24.7. The molecule has 0 spiro atoms. The molecule has 1 aliphatic rings. The van der Waals surface area contributed by atoms with Crippen molar-refractivity contribution in [3.63, 3.8) is 0 Å². The van der Waals surface area contributed by atoms with E-state index in [1.54, 1.807) is 19.5 Å². The minimum atomic E-state index is -0.133. The predicted octanol–water partition coefficient (Wildman–Crippen LogP) is 4.57. The van der Waals surface area contributed by atoms with Crippen molar-refractivity contribution in [2.24, 2.45) is 0 Å². The molecule has 1 atom stereocenters. The molecule has 36 heavy (non-hydrogen) atoms. The minimum absolute atomic E-state index is 0.101. The van der Waals surface area contributed by atoms with Crippen LogP contribution in [0, 0.1) is 0 Å². The molecule has 1 saturated heterocycles. The lowest BCUT2D eigenvalue weighted by Gasteiger charge is -2.28. The van der Waals surface area contributed by atoms with Crippen LogP contribution in [0.4, 0.5) is 0 Å². The molecular formula is C29H31N5O2. The highest BCUT2D eigenvalue weighted by Gasteiger charge is 2.25. The average molecular weight is 482 g/mol. The van der Waals surface area contributed by atoms with Gasteiger partial charge in [0, 0.05) is 30.7 Å². The molecule has 7 nitrogen and oxygen atoms in total. The van der Waals surface area contributed by atoms with Crippen molar-refractivity contribution in [1.82, 2.24) is 25.0 Å². The maximum absolute atomic E-state index is 13.5. The van der Waals surface area contributed by atoms with E-state index in [9.17, 15) is 4.79 Å². The number of pyridine rings is 1. The second kappa shape index (κ2) is 11.2. The molecule has 0 aliphatic carbocycles. The Balaban J connectivity index is 1.39. The van der Waals surface area contributed by atoms with Crippen LogP contribution in [0.25, 0.3) is 11.3 Å². The number of carbonyl (C=O) groups is 1. The summed E-state index contributed by atoms with van der Waals surface area (Å²) < 4.78 is 7.16. The monoisotopic (exact) mass is 481 g/mol. The summed E-state index contributed by atoms with van der Waals surface area (Å²) in [6, 6.07) is 22.2. The number of hydrogen-bond donors (Lipinski definition) is 1. The van der Waals surface area contributed by atoms with Crippen molar-refractivity contribution < 1.29 is 9.53 Å². The van der Waals surface area contributed by atoms with Gasteiger partial charge in [0.15, 0.2) is 0 Å². The predicted molar refractivity (Wildman–Crippen MR) is 140 cm³/mol. The quantitative estimate of drug-likeness (QED) is 0.379. The van der Waals surface area contributed by atoms with Crippen molar-refractivity contribution in [3.05, 3.63) is 102 Å². The van der Waals surface area contributed by atoms with E-state index >= 15 is 0 Å². The van der Waals surface area contributed by atoms with Gasteiger partial charge in [-0.05, 0) is 61.3 Å². The SMILES string of the molecule is COc1ccc([C@H](CNC(=O)c2cn(Cc3ccccc3)nc2-c2cccnc2)N2CCCC2)cc1. The molecule has 0 saturated carbocycles. The van der Waals surface area contributed by atoms with Crippen LogP contribution in [-0.2, 0) is 6.54 Å². The molecule has 1 aliphatic heterocycles. The van der Waals surface area contributed by atoms with E-state index in [4.69, 9.17) is 9.84 Å². The lowest BCUT2D eigenvalue weighted by Crippen LogP contribution is -2.36. The van der Waals surface area contributed by atoms with E-state index in [0.29, 0.717) is 24.3 Å². The first-order valence-electron chi connectivity index (χ1n) is 12.4. The smallest absolute Gasteiger partial charge is 0.255 e. The van der Waals surface area contributed by atoms with Crippen molar-refractivity contribution in [1.29, 1.82) is 0 Å². The molecule has 0 unspecified atom stereocenters. The van der Waals surface area contributed by atoms with Gasteiger partial charge in [-0.15, -0.1) is 0 Å². The van der Waals surface area contributed by atoms with E-state index < -0.39 is 0 Å². The van der Waals surface area contributed by atoms with Crippen molar-refractivity contribution in [3.8, 4) is 17.0 Å². The maximum Gasteiger partial charge on any atom is 0.255 e. The normalized spacial score (nSPS) is 14.5. The topological polar surface area (TPSA) is 72.3 Å². The number of amides is 1. The number of nitrogens with zero attached hydrogens (tertiary/aromatic N) is 4. The number of rotatable bonds is 9. The third kappa shape index (κ3) is 5.47. The number of aromatic nitrogens is 3. The first kappa shape index (κ1) is 23.8. The fourth-order valence-electron chi connectivity index (χ4n) is 4.78. The van der Waals surface area contributed by atoms with Crippen molar-refractivity contribution >= 4 is 5.91 Å². The summed E-state index contributed by atoms with van der Waals surface area (Å²) in [6.45, 7) is 3.16. The molecule has 4 aromatic rings. The molecule has 1 N–H and O–H groups in total. The molecule has 3 heterocycles. The van der Waals surface area contributed by atoms with E-state index in [1.165, 1.54) is 18.4 Å². The Morgan fingerprint density at radius 1 is 1.03 bits per heavy atom. The minimum Gasteiger partial charge on any atom is -0.497 e. The number of ether oxygens (including phenoxy) is 1. The molecule has 0 bridgehead atoms. The van der Waals surface area contributed by atoms with Gasteiger partial charge in [-0.2, -0.15) is 5.10 Å². The Labute approximate surface area is 211 Å². The van der Waals surface area contributed by atoms with E-state index in [1.807, 2.05) is 53.3 Å². The summed E-state index contributed by atoms with van der Waals surface area (Å²) in [7, 11) is 1.67. The first-order chi connectivity index (χ1) is 17.7. The summed E-state index contributed by atoms with van der Waals surface area (Å²) >= 11 is 0. The van der Waals surface area contributed by atoms with Gasteiger partial charge < -0.3 is 10.1 Å². The standard InChI is InChI=1S/C29H31N5O2/c1-36-25-13-11-23(12-14-25)27(33-16-5-6-17-33)19-31-29(35)26-21-34(20-22-8-3-2-4-9-22)32-28(26)24-10-7-15-30-18-24/h2-4,7-15,18,21,27H,5-6,16-17,19-20H2,1H3,(H,31,35)/t27-/m0/s1. The van der Waals surface area contributed by atoms with Crippen LogP contribution in [0.15, 0.2) is 85.3 Å². The Hall–Kier alpha value is -3.97. The van der Waals surface area contributed by atoms with Gasteiger partial charge in [0.05, 0.1) is 25.3 Å². The molecular weight excluding hydrogens is 450 g/mol. The van der Waals surface area contributed by atoms with Crippen LogP contribution in [0.3, 0.4) is 0 Å². The highest BCUT2D eigenvalue weighted by molar-refractivity contribution is 5.99. The van der Waals surface area contributed by atoms with Gasteiger partial charge in [-0.25, -0.2) is 0 Å². The Morgan fingerprint density at radius 3 is 2.50 bits per heavy atom. The Kier molecular flexibility index (Phi) is 7.38. The molecule has 1 fully saturated rings. The van der Waals surface area contributed by atoms with Crippen LogP contribution in [-0.4, -0.2) is 52.3 Å². The van der Waals surface area contributed by atoms with Crippen LogP contribution >= 0.6 is 0 Å². The second-order valence-corrected chi connectivity index (χ2v) is 9.06. The van der Waals surface area contributed by atoms with Crippen LogP contribution < -0.4 is 10.1 Å². The molecule has 1 amide bonds. The lowest BCUT2D eigenvalue weighted by atomic mass is 10.0. The summed E-state index contributed by atoms with van der Waals surface area (Å²) in [5.74, 6) is 0.695. The maximum atomic E-state index is 13.5. The summed E-state index contributed by atoms with van der Waals surface area (Å²) in [5.41, 5.74) is 4.30. The largest absolute Gasteiger partial charge is 0.497 e. The summed E-state index contributed by atoms with van der Waals surface area (Å²) in [6.07, 6.45) is 7.66. The van der Waals surface area contributed by atoms with Gasteiger partial charge in [0.1, 0.15) is 11.4 Å². The Morgan fingerprint density at radius 2 is 1.81 bits per heavy atom. The van der Waals surface area contributed by atoms with Gasteiger partial charge in [-0.3, -0.25) is 19.4 Å².